The third-order valence-corrected chi connectivity index (χ3v) is 1.99. The SMILES string of the molecule is Nc1ccc(C(=O)NCC(=O)O)cc1Cl. The summed E-state index contributed by atoms with van der Waals surface area (Å²) >= 11 is 5.70. The molecular formula is C9H9ClN2O3. The number of halogens is 1. The van der Waals surface area contributed by atoms with E-state index in [0.717, 1.165) is 0 Å². The third-order valence-electron chi connectivity index (χ3n) is 1.66. The highest BCUT2D eigenvalue weighted by atomic mass is 35.5. The second-order valence-electron chi connectivity index (χ2n) is 2.81. The van der Waals surface area contributed by atoms with Crippen molar-refractivity contribution in [1.82, 2.24) is 5.32 Å². The number of carboxylic acid groups (broad SMARTS) is 1. The molecule has 0 unspecified atom stereocenters. The minimum atomic E-state index is -1.11. The van der Waals surface area contributed by atoms with Gasteiger partial charge in [0.1, 0.15) is 6.54 Å². The molecule has 0 heterocycles. The standard InChI is InChI=1S/C9H9ClN2O3/c10-6-3-5(1-2-7(6)11)9(15)12-4-8(13)14/h1-3H,4,11H2,(H,12,15)(H,13,14). The topological polar surface area (TPSA) is 92.4 Å². The molecule has 6 heteroatoms. The maximum Gasteiger partial charge on any atom is 0.322 e. The maximum absolute atomic E-state index is 11.3. The summed E-state index contributed by atoms with van der Waals surface area (Å²) in [7, 11) is 0. The molecular weight excluding hydrogens is 220 g/mol. The van der Waals surface area contributed by atoms with Crippen LogP contribution in [0.5, 0.6) is 0 Å². The molecule has 0 spiro atoms. The molecule has 0 atom stereocenters. The van der Waals surface area contributed by atoms with Crippen LogP contribution in [0.4, 0.5) is 5.69 Å². The van der Waals surface area contributed by atoms with E-state index >= 15 is 0 Å². The van der Waals surface area contributed by atoms with E-state index in [1.54, 1.807) is 0 Å². The molecule has 80 valence electrons. The average molecular weight is 229 g/mol. The van der Waals surface area contributed by atoms with Gasteiger partial charge in [0.25, 0.3) is 5.91 Å². The number of aliphatic carboxylic acids is 1. The number of hydrogen-bond donors (Lipinski definition) is 3. The van der Waals surface area contributed by atoms with Crippen molar-refractivity contribution < 1.29 is 14.7 Å². The number of anilines is 1. The summed E-state index contributed by atoms with van der Waals surface area (Å²) in [6.45, 7) is -0.430. The molecule has 1 aromatic carbocycles. The Morgan fingerprint density at radius 1 is 1.47 bits per heavy atom. The summed E-state index contributed by atoms with van der Waals surface area (Å²) in [6.07, 6.45) is 0. The van der Waals surface area contributed by atoms with Gasteiger partial charge in [0.05, 0.1) is 10.7 Å². The summed E-state index contributed by atoms with van der Waals surface area (Å²) in [4.78, 5) is 21.5. The van der Waals surface area contributed by atoms with Crippen molar-refractivity contribution in [3.05, 3.63) is 28.8 Å². The van der Waals surface area contributed by atoms with Gasteiger partial charge >= 0.3 is 5.97 Å². The zero-order chi connectivity index (χ0) is 11.4. The van der Waals surface area contributed by atoms with Gasteiger partial charge in [-0.25, -0.2) is 0 Å². The van der Waals surface area contributed by atoms with Gasteiger partial charge in [-0.05, 0) is 18.2 Å². The van der Waals surface area contributed by atoms with Crippen LogP contribution in [-0.2, 0) is 4.79 Å². The molecule has 0 aliphatic heterocycles. The lowest BCUT2D eigenvalue weighted by atomic mass is 10.2. The number of nitrogens with one attached hydrogen (secondary N) is 1. The number of nitrogen functional groups attached to an aromatic ring is 1. The van der Waals surface area contributed by atoms with Crippen LogP contribution < -0.4 is 11.1 Å². The molecule has 1 rings (SSSR count). The van der Waals surface area contributed by atoms with Crippen molar-refractivity contribution in [3.8, 4) is 0 Å². The summed E-state index contributed by atoms with van der Waals surface area (Å²) in [5.74, 6) is -1.61. The van der Waals surface area contributed by atoms with Crippen LogP contribution in [-0.4, -0.2) is 23.5 Å². The van der Waals surface area contributed by atoms with Gasteiger partial charge < -0.3 is 16.2 Å². The van der Waals surface area contributed by atoms with E-state index in [4.69, 9.17) is 22.4 Å². The quantitative estimate of drug-likeness (QED) is 0.665. The zero-order valence-corrected chi connectivity index (χ0v) is 8.41. The Kier molecular flexibility index (Phi) is 3.51. The number of carbonyl (C=O) groups is 2. The number of carboxylic acids is 1. The molecule has 0 saturated carbocycles. The molecule has 1 aromatic rings. The molecule has 0 radical (unpaired) electrons. The summed E-state index contributed by atoms with van der Waals surface area (Å²) in [6, 6.07) is 4.34. The average Bonchev–Trinajstić information content (AvgIpc) is 2.18. The van der Waals surface area contributed by atoms with Gasteiger partial charge in [-0.1, -0.05) is 11.6 Å². The highest BCUT2D eigenvalue weighted by Gasteiger charge is 2.08. The van der Waals surface area contributed by atoms with Gasteiger partial charge in [0.2, 0.25) is 0 Å². The molecule has 5 nitrogen and oxygen atoms in total. The Balaban J connectivity index is 2.74. The maximum atomic E-state index is 11.3. The van der Waals surface area contributed by atoms with E-state index in [1.165, 1.54) is 18.2 Å². The molecule has 0 aromatic heterocycles. The number of hydrogen-bond acceptors (Lipinski definition) is 3. The van der Waals surface area contributed by atoms with Gasteiger partial charge in [0, 0.05) is 5.56 Å². The first-order chi connectivity index (χ1) is 7.00. The van der Waals surface area contributed by atoms with Crippen molar-refractivity contribution in [2.24, 2.45) is 0 Å². The van der Waals surface area contributed by atoms with Crippen LogP contribution >= 0.6 is 11.6 Å². The highest BCUT2D eigenvalue weighted by Crippen LogP contribution is 2.19. The van der Waals surface area contributed by atoms with E-state index in [0.29, 0.717) is 5.69 Å². The number of rotatable bonds is 3. The predicted molar refractivity (Wildman–Crippen MR) is 55.8 cm³/mol. The number of amides is 1. The zero-order valence-electron chi connectivity index (χ0n) is 7.66. The van der Waals surface area contributed by atoms with Crippen LogP contribution in [0.2, 0.25) is 5.02 Å². The van der Waals surface area contributed by atoms with E-state index in [1.807, 2.05) is 0 Å². The Labute approximate surface area is 90.8 Å². The molecule has 0 saturated heterocycles. The largest absolute Gasteiger partial charge is 0.480 e. The third kappa shape index (κ3) is 3.14. The lowest BCUT2D eigenvalue weighted by Gasteiger charge is -2.03. The van der Waals surface area contributed by atoms with E-state index in [9.17, 15) is 9.59 Å². The van der Waals surface area contributed by atoms with Crippen LogP contribution in [0.25, 0.3) is 0 Å². The lowest BCUT2D eigenvalue weighted by molar-refractivity contribution is -0.135. The number of nitrogens with two attached hydrogens (primary N) is 1. The molecule has 0 bridgehead atoms. The van der Waals surface area contributed by atoms with E-state index in [-0.39, 0.29) is 10.6 Å². The molecule has 4 N–H and O–H groups in total. The van der Waals surface area contributed by atoms with Crippen LogP contribution in [0.15, 0.2) is 18.2 Å². The second-order valence-corrected chi connectivity index (χ2v) is 3.22. The molecule has 15 heavy (non-hydrogen) atoms. The first-order valence-electron chi connectivity index (χ1n) is 4.05. The Morgan fingerprint density at radius 3 is 2.67 bits per heavy atom. The van der Waals surface area contributed by atoms with Crippen molar-refractivity contribution in [2.75, 3.05) is 12.3 Å². The van der Waals surface area contributed by atoms with Crippen molar-refractivity contribution in [3.63, 3.8) is 0 Å². The van der Waals surface area contributed by atoms with E-state index < -0.39 is 18.4 Å². The van der Waals surface area contributed by atoms with Crippen LogP contribution in [0.1, 0.15) is 10.4 Å². The van der Waals surface area contributed by atoms with Crippen molar-refractivity contribution in [1.29, 1.82) is 0 Å². The number of carbonyl (C=O) groups excluding carboxylic acids is 1. The Morgan fingerprint density at radius 2 is 2.13 bits per heavy atom. The van der Waals surface area contributed by atoms with Gasteiger partial charge in [-0.2, -0.15) is 0 Å². The predicted octanol–water partition coefficient (Wildman–Crippen LogP) is 0.737. The molecule has 0 fully saturated rings. The van der Waals surface area contributed by atoms with Gasteiger partial charge in [-0.15, -0.1) is 0 Å². The smallest absolute Gasteiger partial charge is 0.322 e. The van der Waals surface area contributed by atoms with Crippen LogP contribution in [0, 0.1) is 0 Å². The lowest BCUT2D eigenvalue weighted by Crippen LogP contribution is -2.29. The fraction of sp³-hybridized carbons (Fsp3) is 0.111. The van der Waals surface area contributed by atoms with E-state index in [2.05, 4.69) is 5.32 Å². The monoisotopic (exact) mass is 228 g/mol. The second kappa shape index (κ2) is 4.65. The highest BCUT2D eigenvalue weighted by molar-refractivity contribution is 6.33. The Hall–Kier alpha value is -1.75. The fourth-order valence-electron chi connectivity index (χ4n) is 0.926. The van der Waals surface area contributed by atoms with Gasteiger partial charge in [0.15, 0.2) is 0 Å². The molecule has 0 aliphatic carbocycles. The summed E-state index contributed by atoms with van der Waals surface area (Å²) < 4.78 is 0. The van der Waals surface area contributed by atoms with Gasteiger partial charge in [-0.3, -0.25) is 9.59 Å². The summed E-state index contributed by atoms with van der Waals surface area (Å²) in [5, 5.41) is 10.8. The van der Waals surface area contributed by atoms with Crippen LogP contribution in [0.3, 0.4) is 0 Å². The Bertz CT molecular complexity index is 406. The minimum Gasteiger partial charge on any atom is -0.480 e. The summed E-state index contributed by atoms with van der Waals surface area (Å²) in [5.41, 5.74) is 6.09. The first-order valence-corrected chi connectivity index (χ1v) is 4.43. The first kappa shape index (κ1) is 11.3. The van der Waals surface area contributed by atoms with Crippen molar-refractivity contribution in [2.45, 2.75) is 0 Å². The number of benzene rings is 1. The fourth-order valence-corrected chi connectivity index (χ4v) is 1.11. The molecule has 1 amide bonds. The molecule has 0 aliphatic rings. The normalized spacial score (nSPS) is 9.67. The van der Waals surface area contributed by atoms with Crippen molar-refractivity contribution >= 4 is 29.2 Å². The minimum absolute atomic E-state index is 0.262.